The minimum absolute atomic E-state index is 0.0434. The minimum Gasteiger partial charge on any atom is -0.495 e. The Kier molecular flexibility index (Phi) is 4.82. The first-order chi connectivity index (χ1) is 10.1. The Balaban J connectivity index is 2.03. The molecule has 0 heterocycles. The number of benzene rings is 2. The Hall–Kier alpha value is -2.49. The summed E-state index contributed by atoms with van der Waals surface area (Å²) in [5.74, 6) is 0.735. The third kappa shape index (κ3) is 3.75. The molecule has 4 heteroatoms. The molecule has 0 aliphatic heterocycles. The summed E-state index contributed by atoms with van der Waals surface area (Å²) < 4.78 is 5.28. The van der Waals surface area contributed by atoms with Crippen molar-refractivity contribution in [3.05, 3.63) is 54.1 Å². The lowest BCUT2D eigenvalue weighted by Gasteiger charge is -2.20. The van der Waals surface area contributed by atoms with Crippen molar-refractivity contribution in [1.82, 2.24) is 0 Å². The summed E-state index contributed by atoms with van der Waals surface area (Å²) in [6.07, 6.45) is 1.10. The summed E-state index contributed by atoms with van der Waals surface area (Å²) in [7, 11) is 3.36. The second-order valence-electron chi connectivity index (χ2n) is 4.87. The fraction of sp³-hybridized carbons (Fsp3) is 0.235. The quantitative estimate of drug-likeness (QED) is 0.859. The summed E-state index contributed by atoms with van der Waals surface area (Å²) in [5, 5.41) is 0. The number of anilines is 2. The fourth-order valence-corrected chi connectivity index (χ4v) is 2.21. The van der Waals surface area contributed by atoms with Crippen LogP contribution in [0.4, 0.5) is 11.4 Å². The van der Waals surface area contributed by atoms with Crippen LogP contribution in [0, 0.1) is 0 Å². The molecule has 0 radical (unpaired) electrons. The Bertz CT molecular complexity index is 626. The number of carbonyl (C=O) groups is 1. The number of nitrogens with zero attached hydrogens (tertiary/aromatic N) is 1. The zero-order valence-electron chi connectivity index (χ0n) is 12.4. The zero-order chi connectivity index (χ0) is 15.2. The van der Waals surface area contributed by atoms with E-state index < -0.39 is 0 Å². The molecule has 2 aromatic carbocycles. The van der Waals surface area contributed by atoms with Gasteiger partial charge in [0.2, 0.25) is 5.91 Å². The van der Waals surface area contributed by atoms with E-state index in [1.807, 2.05) is 48.5 Å². The van der Waals surface area contributed by atoms with Gasteiger partial charge in [0.15, 0.2) is 0 Å². The normalized spacial score (nSPS) is 10.2. The summed E-state index contributed by atoms with van der Waals surface area (Å²) in [6, 6.07) is 15.1. The first-order valence-electron chi connectivity index (χ1n) is 6.86. The molecule has 4 nitrogen and oxygen atoms in total. The van der Waals surface area contributed by atoms with Gasteiger partial charge in [-0.3, -0.25) is 4.79 Å². The van der Waals surface area contributed by atoms with Gasteiger partial charge in [-0.2, -0.15) is 0 Å². The number of hydrogen-bond donors (Lipinski definition) is 1. The van der Waals surface area contributed by atoms with E-state index in [1.54, 1.807) is 19.1 Å². The van der Waals surface area contributed by atoms with E-state index in [0.29, 0.717) is 18.6 Å². The highest BCUT2D eigenvalue weighted by atomic mass is 16.5. The molecule has 0 saturated carbocycles. The number of hydrogen-bond acceptors (Lipinski definition) is 3. The molecule has 0 fully saturated rings. The van der Waals surface area contributed by atoms with Gasteiger partial charge in [0.05, 0.1) is 12.8 Å². The molecule has 1 amide bonds. The number of nitrogen functional groups attached to an aromatic ring is 1. The topological polar surface area (TPSA) is 55.6 Å². The van der Waals surface area contributed by atoms with Crippen LogP contribution in [0.15, 0.2) is 48.5 Å². The average molecular weight is 284 g/mol. The van der Waals surface area contributed by atoms with Crippen molar-refractivity contribution >= 4 is 17.3 Å². The number of rotatable bonds is 5. The summed E-state index contributed by atoms with van der Waals surface area (Å²) >= 11 is 0. The van der Waals surface area contributed by atoms with Crippen molar-refractivity contribution in [2.45, 2.75) is 12.8 Å². The van der Waals surface area contributed by atoms with Gasteiger partial charge in [0.25, 0.3) is 0 Å². The highest BCUT2D eigenvalue weighted by molar-refractivity contribution is 5.94. The van der Waals surface area contributed by atoms with Gasteiger partial charge < -0.3 is 15.4 Å². The molecule has 0 aliphatic rings. The van der Waals surface area contributed by atoms with E-state index in [2.05, 4.69) is 0 Å². The standard InChI is InChI=1S/C17H20N2O2/c1-19(15-8-3-4-9-16(15)21-2)17(20)11-10-13-6-5-7-14(18)12-13/h3-9,12H,10-11,18H2,1-2H3. The molecule has 21 heavy (non-hydrogen) atoms. The van der Waals surface area contributed by atoms with E-state index in [4.69, 9.17) is 10.5 Å². The maximum Gasteiger partial charge on any atom is 0.227 e. The third-order valence-corrected chi connectivity index (χ3v) is 3.40. The van der Waals surface area contributed by atoms with Crippen LogP contribution >= 0.6 is 0 Å². The molecule has 0 unspecified atom stereocenters. The maximum atomic E-state index is 12.3. The van der Waals surface area contributed by atoms with Crippen LogP contribution < -0.4 is 15.4 Å². The Morgan fingerprint density at radius 1 is 1.19 bits per heavy atom. The molecule has 110 valence electrons. The molecule has 0 bridgehead atoms. The zero-order valence-corrected chi connectivity index (χ0v) is 12.4. The Morgan fingerprint density at radius 3 is 2.67 bits per heavy atom. The van der Waals surface area contributed by atoms with Crippen LogP contribution in [0.25, 0.3) is 0 Å². The highest BCUT2D eigenvalue weighted by Crippen LogP contribution is 2.27. The smallest absolute Gasteiger partial charge is 0.227 e. The lowest BCUT2D eigenvalue weighted by Crippen LogP contribution is -2.26. The number of aryl methyl sites for hydroxylation is 1. The van der Waals surface area contributed by atoms with E-state index in [1.165, 1.54) is 0 Å². The van der Waals surface area contributed by atoms with Crippen LogP contribution in [0.3, 0.4) is 0 Å². The molecule has 2 rings (SSSR count). The van der Waals surface area contributed by atoms with Gasteiger partial charge in [-0.1, -0.05) is 24.3 Å². The summed E-state index contributed by atoms with van der Waals surface area (Å²) in [6.45, 7) is 0. The third-order valence-electron chi connectivity index (χ3n) is 3.40. The second kappa shape index (κ2) is 6.79. The highest BCUT2D eigenvalue weighted by Gasteiger charge is 2.14. The van der Waals surface area contributed by atoms with Crippen molar-refractivity contribution in [3.63, 3.8) is 0 Å². The summed E-state index contributed by atoms with van der Waals surface area (Å²) in [5.41, 5.74) is 8.30. The van der Waals surface area contributed by atoms with Crippen LogP contribution in [0.2, 0.25) is 0 Å². The Morgan fingerprint density at radius 2 is 1.95 bits per heavy atom. The largest absolute Gasteiger partial charge is 0.495 e. The van der Waals surface area contributed by atoms with E-state index >= 15 is 0 Å². The molecule has 0 spiro atoms. The number of para-hydroxylation sites is 2. The van der Waals surface area contributed by atoms with Crippen LogP contribution in [0.5, 0.6) is 5.75 Å². The monoisotopic (exact) mass is 284 g/mol. The van der Waals surface area contributed by atoms with Gasteiger partial charge in [-0.05, 0) is 36.2 Å². The molecule has 0 atom stereocenters. The van der Waals surface area contributed by atoms with Gasteiger partial charge in [0, 0.05) is 19.2 Å². The molecule has 2 N–H and O–H groups in total. The molecule has 0 saturated heterocycles. The van der Waals surface area contributed by atoms with Gasteiger partial charge in [-0.25, -0.2) is 0 Å². The SMILES string of the molecule is COc1ccccc1N(C)C(=O)CCc1cccc(N)c1. The molecular formula is C17H20N2O2. The Labute approximate surface area is 125 Å². The number of methoxy groups -OCH3 is 1. The van der Waals surface area contributed by atoms with Gasteiger partial charge in [0.1, 0.15) is 5.75 Å². The first kappa shape index (κ1) is 14.9. The summed E-state index contributed by atoms with van der Waals surface area (Å²) in [4.78, 5) is 13.9. The van der Waals surface area contributed by atoms with E-state index in [0.717, 1.165) is 16.9 Å². The van der Waals surface area contributed by atoms with Crippen LogP contribution in [0.1, 0.15) is 12.0 Å². The van der Waals surface area contributed by atoms with Gasteiger partial charge in [-0.15, -0.1) is 0 Å². The molecular weight excluding hydrogens is 264 g/mol. The molecule has 2 aromatic rings. The van der Waals surface area contributed by atoms with Crippen molar-refractivity contribution in [2.24, 2.45) is 0 Å². The van der Waals surface area contributed by atoms with Crippen molar-refractivity contribution < 1.29 is 9.53 Å². The van der Waals surface area contributed by atoms with E-state index in [-0.39, 0.29) is 5.91 Å². The lowest BCUT2D eigenvalue weighted by molar-refractivity contribution is -0.118. The maximum absolute atomic E-state index is 12.3. The number of amides is 1. The molecule has 0 aromatic heterocycles. The van der Waals surface area contributed by atoms with Crippen molar-refractivity contribution in [2.75, 3.05) is 24.8 Å². The first-order valence-corrected chi connectivity index (χ1v) is 6.86. The fourth-order valence-electron chi connectivity index (χ4n) is 2.21. The van der Waals surface area contributed by atoms with Crippen molar-refractivity contribution in [1.29, 1.82) is 0 Å². The van der Waals surface area contributed by atoms with Crippen molar-refractivity contribution in [3.8, 4) is 5.75 Å². The molecule has 0 aliphatic carbocycles. The number of ether oxygens (including phenoxy) is 1. The number of nitrogens with two attached hydrogens (primary N) is 1. The predicted octanol–water partition coefficient (Wildman–Crippen LogP) is 2.87. The van der Waals surface area contributed by atoms with Crippen LogP contribution in [-0.2, 0) is 11.2 Å². The average Bonchev–Trinajstić information content (AvgIpc) is 2.52. The second-order valence-corrected chi connectivity index (χ2v) is 4.87. The predicted molar refractivity (Wildman–Crippen MR) is 85.6 cm³/mol. The number of carbonyl (C=O) groups excluding carboxylic acids is 1. The van der Waals surface area contributed by atoms with Crippen LogP contribution in [-0.4, -0.2) is 20.1 Å². The van der Waals surface area contributed by atoms with E-state index in [9.17, 15) is 4.79 Å². The minimum atomic E-state index is 0.0434. The van der Waals surface area contributed by atoms with Gasteiger partial charge >= 0.3 is 0 Å². The lowest BCUT2D eigenvalue weighted by atomic mass is 10.1.